The number of hydrogen-bond donors (Lipinski definition) is 2. The summed E-state index contributed by atoms with van der Waals surface area (Å²) < 4.78 is 13.7. The molecule has 0 aliphatic rings. The van der Waals surface area contributed by atoms with Crippen molar-refractivity contribution in [3.8, 4) is 0 Å². The van der Waals surface area contributed by atoms with Crippen LogP contribution in [0.5, 0.6) is 0 Å². The average Bonchev–Trinajstić information content (AvgIpc) is 3.21. The molecule has 0 aliphatic heterocycles. The first kappa shape index (κ1) is 47.2. The van der Waals surface area contributed by atoms with Gasteiger partial charge < -0.3 is 22.5 Å². The number of benzene rings is 4. The largest absolute Gasteiger partial charge is 1.00 e. The van der Waals surface area contributed by atoms with Gasteiger partial charge in [0.05, 0.1) is 22.6 Å². The van der Waals surface area contributed by atoms with Crippen molar-refractivity contribution in [2.24, 2.45) is 11.8 Å². The number of carbonyl (C=O) groups excluding carboxylic acids is 1. The topological polar surface area (TPSA) is 206 Å². The second kappa shape index (κ2) is 23.3. The van der Waals surface area contributed by atoms with Gasteiger partial charge in [0, 0.05) is 13.1 Å². The van der Waals surface area contributed by atoms with Crippen molar-refractivity contribution in [3.63, 3.8) is 0 Å². The summed E-state index contributed by atoms with van der Waals surface area (Å²) in [4.78, 5) is 65.5. The molecule has 0 saturated heterocycles. The molecule has 0 amide bonds. The Morgan fingerprint density at radius 1 is 0.552 bits per heavy atom. The number of aliphatic carboxylic acids is 2. The fraction of sp³-hybridized carbons (Fsp3) is 0.293. The first-order valence-electron chi connectivity index (χ1n) is 18.2. The molecule has 6 rings (SSSR count). The van der Waals surface area contributed by atoms with Gasteiger partial charge in [0.15, 0.2) is 0 Å². The van der Waals surface area contributed by atoms with E-state index in [1.165, 1.54) is 0 Å². The normalized spacial score (nSPS) is 13.0. The average molecular weight is 841 g/mol. The standard InChI is InChI=1S/C41H40N6O9.2K.2H/c48-37-29-15-7-9-17-33(29)42-44-46(37)25-23-31(39(50)51)35(21-19-27-11-3-1-4-12-27)55-41(54)56-36(22-20-28-13-5-2-6-14-28)32(40(52)53)24-26-47-38(49)30-16-8-10-18-34(30)43-45-47;;;;/h1-18,31-32,35-36H,19-26H2,(H,50,51)(H,52,53);;;;/q;2*+1;2*-1/t31-,32-,35+,36+;;;;/m0..../s1. The Labute approximate surface area is 420 Å². The summed E-state index contributed by atoms with van der Waals surface area (Å²) in [6.45, 7) is -0.266. The van der Waals surface area contributed by atoms with Gasteiger partial charge in [-0.2, -0.15) is 0 Å². The van der Waals surface area contributed by atoms with E-state index in [0.29, 0.717) is 34.6 Å². The van der Waals surface area contributed by atoms with Crippen molar-refractivity contribution in [1.82, 2.24) is 30.0 Å². The number of carboxylic acids is 2. The molecule has 0 radical (unpaired) electrons. The van der Waals surface area contributed by atoms with E-state index in [9.17, 15) is 34.2 Å². The van der Waals surface area contributed by atoms with Gasteiger partial charge in [-0.15, -0.1) is 10.2 Å². The quantitative estimate of drug-likeness (QED) is 0.0802. The monoisotopic (exact) mass is 840 g/mol. The van der Waals surface area contributed by atoms with Gasteiger partial charge in [0.2, 0.25) is 0 Å². The van der Waals surface area contributed by atoms with Crippen LogP contribution in [0.1, 0.15) is 39.7 Å². The van der Waals surface area contributed by atoms with Crippen LogP contribution in [-0.2, 0) is 45.0 Å². The van der Waals surface area contributed by atoms with Crippen molar-refractivity contribution in [1.29, 1.82) is 0 Å². The number of carboxylic acid groups (broad SMARTS) is 2. The zero-order chi connectivity index (χ0) is 39.4. The zero-order valence-electron chi connectivity index (χ0n) is 34.3. The number of ether oxygens (including phenoxy) is 2. The van der Waals surface area contributed by atoms with Crippen molar-refractivity contribution in [2.75, 3.05) is 0 Å². The van der Waals surface area contributed by atoms with Crippen LogP contribution < -0.4 is 114 Å². The van der Waals surface area contributed by atoms with Crippen LogP contribution in [0.3, 0.4) is 0 Å². The molecule has 6 aromatic rings. The molecule has 0 bridgehead atoms. The Balaban J connectivity index is 0.00000310. The van der Waals surface area contributed by atoms with E-state index in [4.69, 9.17) is 9.47 Å². The van der Waals surface area contributed by atoms with E-state index >= 15 is 0 Å². The van der Waals surface area contributed by atoms with E-state index in [2.05, 4.69) is 20.6 Å². The Hall–Kier alpha value is -3.50. The molecule has 17 heteroatoms. The van der Waals surface area contributed by atoms with Gasteiger partial charge in [-0.05, 0) is 73.9 Å². The second-order valence-electron chi connectivity index (χ2n) is 13.3. The summed E-state index contributed by atoms with van der Waals surface area (Å²) in [5, 5.41) is 37.6. The van der Waals surface area contributed by atoms with Gasteiger partial charge in [-0.25, -0.2) is 14.2 Å². The molecule has 0 spiro atoms. The molecule has 292 valence electrons. The summed E-state index contributed by atoms with van der Waals surface area (Å²) in [6, 6.07) is 31.8. The molecule has 0 unspecified atom stereocenters. The Morgan fingerprint density at radius 3 is 1.29 bits per heavy atom. The number of rotatable bonds is 18. The fourth-order valence-corrected chi connectivity index (χ4v) is 6.67. The van der Waals surface area contributed by atoms with Crippen molar-refractivity contribution in [3.05, 3.63) is 141 Å². The molecule has 2 heterocycles. The molecule has 4 aromatic carbocycles. The Morgan fingerprint density at radius 2 is 0.914 bits per heavy atom. The molecule has 58 heavy (non-hydrogen) atoms. The number of hydrogen-bond acceptors (Lipinski definition) is 11. The number of aromatic nitrogens is 6. The minimum atomic E-state index is -1.30. The predicted molar refractivity (Wildman–Crippen MR) is 206 cm³/mol. The zero-order valence-corrected chi connectivity index (χ0v) is 38.5. The Kier molecular flexibility index (Phi) is 19.0. The first-order valence-corrected chi connectivity index (χ1v) is 18.2. The molecule has 0 saturated carbocycles. The van der Waals surface area contributed by atoms with E-state index in [-0.39, 0.29) is 144 Å². The third-order valence-electron chi connectivity index (χ3n) is 9.71. The maximum absolute atomic E-state index is 13.7. The van der Waals surface area contributed by atoms with Gasteiger partial charge in [-0.3, -0.25) is 19.2 Å². The first-order chi connectivity index (χ1) is 27.2. The van der Waals surface area contributed by atoms with Gasteiger partial charge >= 0.3 is 121 Å². The molecule has 15 nitrogen and oxygen atoms in total. The smallest absolute Gasteiger partial charge is 1.00 e. The summed E-state index contributed by atoms with van der Waals surface area (Å²) in [7, 11) is 0. The van der Waals surface area contributed by atoms with Gasteiger partial charge in [0.25, 0.3) is 11.1 Å². The number of carbonyl (C=O) groups is 3. The summed E-state index contributed by atoms with van der Waals surface area (Å²) in [6.07, 6.45) is -3.18. The minimum Gasteiger partial charge on any atom is -1.00 e. The Bertz CT molecular complexity index is 2260. The van der Waals surface area contributed by atoms with E-state index < -0.39 is 53.3 Å². The van der Waals surface area contributed by atoms with Gasteiger partial charge in [0.1, 0.15) is 23.2 Å². The molecule has 4 atom stereocenters. The number of fused-ring (bicyclic) bond motifs is 2. The van der Waals surface area contributed by atoms with E-state index in [0.717, 1.165) is 20.5 Å². The van der Waals surface area contributed by atoms with Crippen LogP contribution in [0.15, 0.2) is 119 Å². The molecule has 0 fully saturated rings. The minimum absolute atomic E-state index is 0. The SMILES string of the molecule is O=C(O[C@H](CCc1ccccc1)[C@H](CCn1nnc2ccccc2c1=O)C(=O)O)O[C@H](CCc1ccccc1)[C@H](CCn1nnc2ccccc2c1=O)C(=O)O.[H-].[H-].[K+].[K+]. The molecule has 0 aliphatic carbocycles. The molecular weight excluding hydrogens is 799 g/mol. The van der Waals surface area contributed by atoms with Crippen LogP contribution in [-0.4, -0.2) is 70.5 Å². The molecular formula is C41H42K2N6O9. The molecule has 2 aromatic heterocycles. The van der Waals surface area contributed by atoms with Crippen molar-refractivity contribution < 1.29 is 140 Å². The third-order valence-corrected chi connectivity index (χ3v) is 9.71. The predicted octanol–water partition coefficient (Wildman–Crippen LogP) is -0.833. The number of nitrogens with zero attached hydrogens (tertiary/aromatic N) is 6. The third kappa shape index (κ3) is 12.8. The maximum atomic E-state index is 13.7. The van der Waals surface area contributed by atoms with Crippen LogP contribution in [0.2, 0.25) is 0 Å². The molecule has 2 N–H and O–H groups in total. The maximum Gasteiger partial charge on any atom is 1.00 e. The van der Waals surface area contributed by atoms with E-state index in [1.54, 1.807) is 48.5 Å². The summed E-state index contributed by atoms with van der Waals surface area (Å²) >= 11 is 0. The van der Waals surface area contributed by atoms with Crippen LogP contribution in [0, 0.1) is 11.8 Å². The van der Waals surface area contributed by atoms with Crippen molar-refractivity contribution in [2.45, 2.75) is 63.8 Å². The van der Waals surface area contributed by atoms with Gasteiger partial charge in [-0.1, -0.05) is 95.4 Å². The second-order valence-corrected chi connectivity index (χ2v) is 13.3. The number of aryl methyl sites for hydroxylation is 4. The van der Waals surface area contributed by atoms with Crippen LogP contribution >= 0.6 is 0 Å². The van der Waals surface area contributed by atoms with Crippen molar-refractivity contribution >= 4 is 39.9 Å². The summed E-state index contributed by atoms with van der Waals surface area (Å²) in [5.74, 6) is -5.15. The fourth-order valence-electron chi connectivity index (χ4n) is 6.67. The van der Waals surface area contributed by atoms with Crippen LogP contribution in [0.25, 0.3) is 21.8 Å². The van der Waals surface area contributed by atoms with E-state index in [1.807, 2.05) is 60.7 Å². The van der Waals surface area contributed by atoms with Crippen LogP contribution in [0.4, 0.5) is 4.79 Å². The summed E-state index contributed by atoms with van der Waals surface area (Å²) in [5.41, 5.74) is 1.64.